The van der Waals surface area contributed by atoms with Gasteiger partial charge < -0.3 is 15.4 Å². The van der Waals surface area contributed by atoms with Gasteiger partial charge in [-0.25, -0.2) is 4.98 Å². The number of alkyl halides is 3. The van der Waals surface area contributed by atoms with Crippen LogP contribution >= 0.6 is 0 Å². The maximum absolute atomic E-state index is 13.7. The summed E-state index contributed by atoms with van der Waals surface area (Å²) >= 11 is 0. The third kappa shape index (κ3) is 4.49. The Kier molecular flexibility index (Phi) is 5.68. The molecule has 1 saturated carbocycles. The molecular weight excluding hydrogens is 495 g/mol. The number of benzene rings is 2. The third-order valence-corrected chi connectivity index (χ3v) is 7.56. The Morgan fingerprint density at radius 1 is 1.21 bits per heavy atom. The van der Waals surface area contributed by atoms with Crippen LogP contribution in [0.15, 0.2) is 54.3 Å². The van der Waals surface area contributed by atoms with E-state index in [0.717, 1.165) is 25.3 Å². The zero-order chi connectivity index (χ0) is 26.7. The molecule has 0 bridgehead atoms. The van der Waals surface area contributed by atoms with Crippen LogP contribution in [0.3, 0.4) is 0 Å². The number of aliphatic hydroxyl groups excluding tert-OH is 1. The lowest BCUT2D eigenvalue weighted by molar-refractivity contribution is -0.137. The van der Waals surface area contributed by atoms with Gasteiger partial charge in [0.15, 0.2) is 5.82 Å². The molecule has 0 spiro atoms. The first-order valence-electron chi connectivity index (χ1n) is 12.5. The summed E-state index contributed by atoms with van der Waals surface area (Å²) in [5.41, 5.74) is 2.77. The van der Waals surface area contributed by atoms with Crippen LogP contribution < -0.4 is 5.32 Å². The molecule has 7 nitrogen and oxygen atoms in total. The van der Waals surface area contributed by atoms with Crippen molar-refractivity contribution in [3.63, 3.8) is 0 Å². The van der Waals surface area contributed by atoms with Crippen LogP contribution in [0, 0.1) is 5.41 Å². The Labute approximate surface area is 215 Å². The lowest BCUT2D eigenvalue weighted by atomic mass is 9.67. The number of aliphatic hydroxyl groups is 1. The first kappa shape index (κ1) is 24.4. The molecule has 4 aromatic rings. The zero-order valence-electron chi connectivity index (χ0n) is 20.6. The van der Waals surface area contributed by atoms with E-state index in [4.69, 9.17) is 4.98 Å². The first-order chi connectivity index (χ1) is 18.1. The Hall–Kier alpha value is -3.92. The van der Waals surface area contributed by atoms with Crippen molar-refractivity contribution in [1.82, 2.24) is 25.5 Å². The SMILES string of the molecule is CC1(Cc2cc(C(F)(F)F)cc3[nH]c(-c4n[nH]c5cc(C(=O)NC6=CCC(O)C=C6)ccc45)nc23)CCC1. The van der Waals surface area contributed by atoms with Gasteiger partial charge in [0.1, 0.15) is 5.69 Å². The second-order valence-corrected chi connectivity index (χ2v) is 10.6. The van der Waals surface area contributed by atoms with Crippen LogP contribution in [0.5, 0.6) is 0 Å². The van der Waals surface area contributed by atoms with Crippen LogP contribution in [0.25, 0.3) is 33.5 Å². The zero-order valence-corrected chi connectivity index (χ0v) is 20.6. The molecule has 38 heavy (non-hydrogen) atoms. The van der Waals surface area contributed by atoms with Crippen LogP contribution in [0.4, 0.5) is 13.2 Å². The Balaban J connectivity index is 1.34. The van der Waals surface area contributed by atoms with Gasteiger partial charge >= 0.3 is 6.18 Å². The molecule has 6 rings (SSSR count). The molecular formula is C28H26F3N5O2. The topological polar surface area (TPSA) is 107 Å². The molecule has 2 aliphatic carbocycles. The predicted octanol–water partition coefficient (Wildman–Crippen LogP) is 5.79. The molecule has 0 saturated heterocycles. The van der Waals surface area contributed by atoms with Crippen LogP contribution in [0.1, 0.15) is 54.1 Å². The number of nitrogens with one attached hydrogen (secondary N) is 3. The van der Waals surface area contributed by atoms with Crippen LogP contribution in [0.2, 0.25) is 0 Å². The Morgan fingerprint density at radius 3 is 2.71 bits per heavy atom. The lowest BCUT2D eigenvalue weighted by Gasteiger charge is -2.38. The average Bonchev–Trinajstić information content (AvgIpc) is 3.47. The Bertz CT molecular complexity index is 1620. The number of aromatic amines is 2. The van der Waals surface area contributed by atoms with E-state index in [1.807, 2.05) is 0 Å². The highest BCUT2D eigenvalue weighted by Gasteiger charge is 2.36. The van der Waals surface area contributed by atoms with Gasteiger partial charge in [0.2, 0.25) is 0 Å². The number of fused-ring (bicyclic) bond motifs is 2. The van der Waals surface area contributed by atoms with E-state index >= 15 is 0 Å². The normalized spacial score (nSPS) is 19.0. The minimum Gasteiger partial charge on any atom is -0.389 e. The van der Waals surface area contributed by atoms with Gasteiger partial charge in [0.25, 0.3) is 5.91 Å². The lowest BCUT2D eigenvalue weighted by Crippen LogP contribution is -2.28. The summed E-state index contributed by atoms with van der Waals surface area (Å²) in [5.74, 6) is 0.0479. The molecule has 196 valence electrons. The van der Waals surface area contributed by atoms with Crippen molar-refractivity contribution in [2.45, 2.75) is 51.3 Å². The second-order valence-electron chi connectivity index (χ2n) is 10.6. The maximum Gasteiger partial charge on any atom is 0.416 e. The second kappa shape index (κ2) is 8.83. The molecule has 0 radical (unpaired) electrons. The fourth-order valence-corrected chi connectivity index (χ4v) is 5.26. The molecule has 1 atom stereocenters. The van der Waals surface area contributed by atoms with Gasteiger partial charge in [-0.1, -0.05) is 25.5 Å². The number of rotatable bonds is 5. The molecule has 1 fully saturated rings. The van der Waals surface area contributed by atoms with Crippen LogP contribution in [-0.4, -0.2) is 37.3 Å². The molecule has 1 unspecified atom stereocenters. The summed E-state index contributed by atoms with van der Waals surface area (Å²) in [6, 6.07) is 7.38. The number of nitrogens with zero attached hydrogens (tertiary/aromatic N) is 2. The van der Waals surface area contributed by atoms with E-state index in [-0.39, 0.29) is 11.3 Å². The number of hydrogen-bond donors (Lipinski definition) is 4. The van der Waals surface area contributed by atoms with E-state index in [1.54, 1.807) is 36.4 Å². The number of imidazole rings is 1. The largest absolute Gasteiger partial charge is 0.416 e. The summed E-state index contributed by atoms with van der Waals surface area (Å²) in [6.07, 6.45) is 4.02. The summed E-state index contributed by atoms with van der Waals surface area (Å²) in [7, 11) is 0. The number of carbonyl (C=O) groups excluding carboxylic acids is 1. The maximum atomic E-state index is 13.7. The summed E-state index contributed by atoms with van der Waals surface area (Å²) < 4.78 is 41.0. The minimum absolute atomic E-state index is 0.0183. The van der Waals surface area contributed by atoms with E-state index in [0.29, 0.717) is 63.1 Å². The molecule has 4 N–H and O–H groups in total. The van der Waals surface area contributed by atoms with E-state index < -0.39 is 17.8 Å². The van der Waals surface area contributed by atoms with Crippen molar-refractivity contribution in [2.75, 3.05) is 0 Å². The predicted molar refractivity (Wildman–Crippen MR) is 137 cm³/mol. The fourth-order valence-electron chi connectivity index (χ4n) is 5.26. The van der Waals surface area contributed by atoms with Crippen LogP contribution in [-0.2, 0) is 12.6 Å². The highest BCUT2D eigenvalue weighted by atomic mass is 19.4. The molecule has 10 heteroatoms. The first-order valence-corrected chi connectivity index (χ1v) is 12.5. The number of amides is 1. The number of allylic oxidation sites excluding steroid dienone is 1. The number of halogens is 3. The smallest absolute Gasteiger partial charge is 0.389 e. The molecule has 2 heterocycles. The molecule has 2 aliphatic rings. The Morgan fingerprint density at radius 2 is 2.03 bits per heavy atom. The van der Waals surface area contributed by atoms with Crippen molar-refractivity contribution >= 4 is 27.8 Å². The summed E-state index contributed by atoms with van der Waals surface area (Å²) in [4.78, 5) is 20.5. The van der Waals surface area contributed by atoms with Crippen molar-refractivity contribution in [2.24, 2.45) is 5.41 Å². The number of carbonyl (C=O) groups is 1. The van der Waals surface area contributed by atoms with Crippen molar-refractivity contribution < 1.29 is 23.1 Å². The molecule has 1 amide bonds. The molecule has 2 aromatic heterocycles. The quantitative estimate of drug-likeness (QED) is 0.267. The van der Waals surface area contributed by atoms with Gasteiger partial charge in [-0.15, -0.1) is 0 Å². The highest BCUT2D eigenvalue weighted by molar-refractivity contribution is 6.01. The summed E-state index contributed by atoms with van der Waals surface area (Å²) in [6.45, 7) is 2.11. The van der Waals surface area contributed by atoms with Crippen molar-refractivity contribution in [3.8, 4) is 11.5 Å². The number of hydrogen-bond acceptors (Lipinski definition) is 4. The van der Waals surface area contributed by atoms with E-state index in [1.165, 1.54) is 6.07 Å². The highest BCUT2D eigenvalue weighted by Crippen LogP contribution is 2.45. The average molecular weight is 522 g/mol. The van der Waals surface area contributed by atoms with Gasteiger partial charge in [-0.05, 0) is 73.1 Å². The van der Waals surface area contributed by atoms with Crippen molar-refractivity contribution in [3.05, 3.63) is 70.9 Å². The minimum atomic E-state index is -4.46. The van der Waals surface area contributed by atoms with Gasteiger partial charge in [0.05, 0.1) is 28.2 Å². The fraction of sp³-hybridized carbons (Fsp3) is 0.321. The standard InChI is InChI=1S/C28H26F3N5O2/c1-27(9-2-10-27)14-16-11-17(28(29,30)31)13-22-23(16)34-25(33-22)24-20-8-3-15(12-21(20)35-36-24)26(38)32-18-4-6-19(37)7-5-18/h3-6,8,11-13,19,37H,2,7,9-10,14H2,1H3,(H,32,38)(H,33,34)(H,35,36). The number of H-pyrrole nitrogens is 2. The molecule has 0 aliphatic heterocycles. The molecule has 2 aromatic carbocycles. The monoisotopic (exact) mass is 521 g/mol. The van der Waals surface area contributed by atoms with Gasteiger partial charge in [0, 0.05) is 16.6 Å². The van der Waals surface area contributed by atoms with Crippen molar-refractivity contribution in [1.29, 1.82) is 0 Å². The summed E-state index contributed by atoms with van der Waals surface area (Å²) in [5, 5.41) is 20.3. The third-order valence-electron chi connectivity index (χ3n) is 7.56. The van der Waals surface area contributed by atoms with Gasteiger partial charge in [-0.3, -0.25) is 9.89 Å². The van der Waals surface area contributed by atoms with E-state index in [9.17, 15) is 23.1 Å². The van der Waals surface area contributed by atoms with Gasteiger partial charge in [-0.2, -0.15) is 18.3 Å². The van der Waals surface area contributed by atoms with E-state index in [2.05, 4.69) is 27.4 Å². The number of aromatic nitrogens is 4.